The normalized spacial score (nSPS) is 14.5. The lowest BCUT2D eigenvalue weighted by Crippen LogP contribution is -2.57. The highest BCUT2D eigenvalue weighted by Gasteiger charge is 2.40. The molecule has 0 aromatic heterocycles. The number of carbonyl (C=O) groups excluding carboxylic acids is 3. The van der Waals surface area contributed by atoms with Crippen molar-refractivity contribution < 1.29 is 19.1 Å². The van der Waals surface area contributed by atoms with Gasteiger partial charge in [0.1, 0.15) is 17.7 Å². The van der Waals surface area contributed by atoms with Crippen molar-refractivity contribution in [3.63, 3.8) is 0 Å². The summed E-state index contributed by atoms with van der Waals surface area (Å²) in [4.78, 5) is 42.6. The van der Waals surface area contributed by atoms with E-state index in [1.54, 1.807) is 25.7 Å². The Hall–Kier alpha value is -3.35. The van der Waals surface area contributed by atoms with Crippen LogP contribution in [0.2, 0.25) is 0 Å². The van der Waals surface area contributed by atoms with Crippen molar-refractivity contribution in [2.24, 2.45) is 5.92 Å². The van der Waals surface area contributed by atoms with Crippen molar-refractivity contribution in [2.45, 2.75) is 98.5 Å². The smallest absolute Gasteiger partial charge is 0.408 e. The average Bonchev–Trinajstić information content (AvgIpc) is 2.88. The summed E-state index contributed by atoms with van der Waals surface area (Å²) in [6.45, 7) is 15.5. The molecule has 0 spiro atoms. The van der Waals surface area contributed by atoms with E-state index in [1.165, 1.54) is 0 Å². The number of carbonyl (C=O) groups is 3. The van der Waals surface area contributed by atoms with Crippen LogP contribution in [0.5, 0.6) is 0 Å². The Balaban J connectivity index is 2.52. The molecule has 0 aliphatic rings. The molecule has 2 aromatic rings. The Morgan fingerprint density at radius 2 is 1.53 bits per heavy atom. The second kappa shape index (κ2) is 14.0. The number of aryl methyl sites for hydroxylation is 1. The summed E-state index contributed by atoms with van der Waals surface area (Å²) < 4.78 is 5.48. The Labute approximate surface area is 228 Å². The van der Waals surface area contributed by atoms with Gasteiger partial charge in [0.25, 0.3) is 0 Å². The Morgan fingerprint density at radius 1 is 0.921 bits per heavy atom. The Kier molecular flexibility index (Phi) is 11.4. The van der Waals surface area contributed by atoms with Gasteiger partial charge in [0.05, 0.1) is 0 Å². The Bertz CT molecular complexity index is 1060. The fourth-order valence-corrected chi connectivity index (χ4v) is 4.27. The molecule has 3 amide bonds. The van der Waals surface area contributed by atoms with Gasteiger partial charge >= 0.3 is 6.09 Å². The van der Waals surface area contributed by atoms with Crippen LogP contribution in [0.3, 0.4) is 0 Å². The first-order chi connectivity index (χ1) is 17.9. The maximum absolute atomic E-state index is 14.3. The van der Waals surface area contributed by atoms with E-state index in [-0.39, 0.29) is 23.8 Å². The highest BCUT2D eigenvalue weighted by molar-refractivity contribution is 5.92. The van der Waals surface area contributed by atoms with Gasteiger partial charge in [-0.15, -0.1) is 0 Å². The van der Waals surface area contributed by atoms with Gasteiger partial charge < -0.3 is 20.3 Å². The molecule has 4 unspecified atom stereocenters. The zero-order valence-electron chi connectivity index (χ0n) is 24.2. The van der Waals surface area contributed by atoms with Crippen molar-refractivity contribution in [3.05, 3.63) is 71.3 Å². The topological polar surface area (TPSA) is 87.7 Å². The highest BCUT2D eigenvalue weighted by atomic mass is 16.6. The maximum atomic E-state index is 14.3. The molecule has 208 valence electrons. The van der Waals surface area contributed by atoms with Crippen LogP contribution in [-0.4, -0.2) is 40.5 Å². The largest absolute Gasteiger partial charge is 0.444 e. The zero-order chi connectivity index (χ0) is 28.5. The summed E-state index contributed by atoms with van der Waals surface area (Å²) in [5.74, 6) is -0.744. The SMILES string of the molecule is CCC(C)C(NC(=O)OC(C)(C)C)C(=O)N(C(C)CC)C(C(=O)NCc1ccccc1)c1ccccc1C. The second-order valence-electron chi connectivity index (χ2n) is 11.0. The fourth-order valence-electron chi connectivity index (χ4n) is 4.27. The lowest BCUT2D eigenvalue weighted by molar-refractivity contribution is -0.146. The van der Waals surface area contributed by atoms with Gasteiger partial charge in [-0.2, -0.15) is 0 Å². The standard InChI is InChI=1S/C31H45N3O4/c1-9-21(3)26(33-30(37)38-31(6,7)8)29(36)34(23(5)10-2)27(25-19-15-14-16-22(25)4)28(35)32-20-24-17-12-11-13-18-24/h11-19,21,23,26-27H,9-10,20H2,1-8H3,(H,32,35)(H,33,37). The number of nitrogens with one attached hydrogen (secondary N) is 2. The molecule has 0 aliphatic heterocycles. The molecule has 2 N–H and O–H groups in total. The van der Waals surface area contributed by atoms with E-state index < -0.39 is 23.8 Å². The van der Waals surface area contributed by atoms with Gasteiger partial charge in [-0.25, -0.2) is 4.79 Å². The van der Waals surface area contributed by atoms with E-state index >= 15 is 0 Å². The minimum Gasteiger partial charge on any atom is -0.444 e. The van der Waals surface area contributed by atoms with Gasteiger partial charge in [0, 0.05) is 12.6 Å². The average molecular weight is 524 g/mol. The van der Waals surface area contributed by atoms with Crippen LogP contribution in [0.15, 0.2) is 54.6 Å². The first-order valence-corrected chi connectivity index (χ1v) is 13.6. The van der Waals surface area contributed by atoms with Crippen LogP contribution in [0.4, 0.5) is 4.79 Å². The predicted molar refractivity (Wildman–Crippen MR) is 151 cm³/mol. The van der Waals surface area contributed by atoms with Gasteiger partial charge in [0.15, 0.2) is 0 Å². The molecular weight excluding hydrogens is 478 g/mol. The van der Waals surface area contributed by atoms with E-state index in [0.717, 1.165) is 16.7 Å². The summed E-state index contributed by atoms with van der Waals surface area (Å²) in [5, 5.41) is 5.87. The van der Waals surface area contributed by atoms with Crippen LogP contribution < -0.4 is 10.6 Å². The van der Waals surface area contributed by atoms with E-state index in [4.69, 9.17) is 4.74 Å². The van der Waals surface area contributed by atoms with Crippen molar-refractivity contribution in [3.8, 4) is 0 Å². The van der Waals surface area contributed by atoms with Crippen LogP contribution in [0.1, 0.15) is 84.0 Å². The molecule has 0 radical (unpaired) electrons. The highest BCUT2D eigenvalue weighted by Crippen LogP contribution is 2.29. The van der Waals surface area contributed by atoms with E-state index in [2.05, 4.69) is 10.6 Å². The lowest BCUT2D eigenvalue weighted by Gasteiger charge is -2.39. The minimum atomic E-state index is -0.866. The third kappa shape index (κ3) is 8.61. The molecule has 7 nitrogen and oxygen atoms in total. The molecular formula is C31H45N3O4. The third-order valence-electron chi connectivity index (χ3n) is 6.79. The van der Waals surface area contributed by atoms with Crippen molar-refractivity contribution in [1.29, 1.82) is 0 Å². The molecule has 0 heterocycles. The summed E-state index contributed by atoms with van der Waals surface area (Å²) in [6.07, 6.45) is 0.649. The quantitative estimate of drug-likeness (QED) is 0.383. The fraction of sp³-hybridized carbons (Fsp3) is 0.516. The number of nitrogens with zero attached hydrogens (tertiary/aromatic N) is 1. The number of ether oxygens (including phenoxy) is 1. The molecule has 7 heteroatoms. The van der Waals surface area contributed by atoms with Crippen LogP contribution in [0, 0.1) is 12.8 Å². The van der Waals surface area contributed by atoms with E-state index in [9.17, 15) is 14.4 Å². The molecule has 38 heavy (non-hydrogen) atoms. The van der Waals surface area contributed by atoms with Crippen molar-refractivity contribution >= 4 is 17.9 Å². The summed E-state index contributed by atoms with van der Waals surface area (Å²) in [5.41, 5.74) is 1.93. The van der Waals surface area contributed by atoms with Crippen LogP contribution in [-0.2, 0) is 20.9 Å². The molecule has 0 saturated heterocycles. The third-order valence-corrected chi connectivity index (χ3v) is 6.79. The Morgan fingerprint density at radius 3 is 2.08 bits per heavy atom. The first kappa shape index (κ1) is 30.9. The molecule has 4 atom stereocenters. The molecule has 0 saturated carbocycles. The van der Waals surface area contributed by atoms with Crippen molar-refractivity contribution in [1.82, 2.24) is 15.5 Å². The maximum Gasteiger partial charge on any atom is 0.408 e. The summed E-state index contributed by atoms with van der Waals surface area (Å²) in [7, 11) is 0. The molecule has 0 fully saturated rings. The minimum absolute atomic E-state index is 0.175. The van der Waals surface area contributed by atoms with Crippen LogP contribution in [0.25, 0.3) is 0 Å². The molecule has 2 rings (SSSR count). The number of amides is 3. The van der Waals surface area contributed by atoms with E-state index in [1.807, 2.05) is 89.2 Å². The van der Waals surface area contributed by atoms with Gasteiger partial charge in [0.2, 0.25) is 11.8 Å². The van der Waals surface area contributed by atoms with Gasteiger partial charge in [-0.1, -0.05) is 81.8 Å². The monoisotopic (exact) mass is 523 g/mol. The number of rotatable bonds is 11. The zero-order valence-corrected chi connectivity index (χ0v) is 24.2. The molecule has 0 bridgehead atoms. The summed E-state index contributed by atoms with van der Waals surface area (Å²) in [6, 6.07) is 15.3. The second-order valence-corrected chi connectivity index (χ2v) is 11.0. The van der Waals surface area contributed by atoms with E-state index in [0.29, 0.717) is 19.4 Å². The van der Waals surface area contributed by atoms with Gasteiger partial charge in [-0.3, -0.25) is 9.59 Å². The van der Waals surface area contributed by atoms with Crippen LogP contribution >= 0.6 is 0 Å². The molecule has 0 aliphatic carbocycles. The predicted octanol–water partition coefficient (Wildman–Crippen LogP) is 5.92. The summed E-state index contributed by atoms with van der Waals surface area (Å²) >= 11 is 0. The van der Waals surface area contributed by atoms with Gasteiger partial charge in [-0.05, 0) is 63.6 Å². The number of hydrogen-bond acceptors (Lipinski definition) is 4. The van der Waals surface area contributed by atoms with Crippen molar-refractivity contribution in [2.75, 3.05) is 0 Å². The number of hydrogen-bond donors (Lipinski definition) is 2. The lowest BCUT2D eigenvalue weighted by atomic mass is 9.93. The number of benzene rings is 2. The molecule has 2 aromatic carbocycles. The number of alkyl carbamates (subject to hydrolysis) is 1. The first-order valence-electron chi connectivity index (χ1n) is 13.6.